The Hall–Kier alpha value is -1.82. The third-order valence-corrected chi connectivity index (χ3v) is 10.2. The van der Waals surface area contributed by atoms with Gasteiger partial charge in [-0.2, -0.15) is 4.31 Å². The third-order valence-electron chi connectivity index (χ3n) is 6.46. The van der Waals surface area contributed by atoms with Crippen molar-refractivity contribution in [3.63, 3.8) is 0 Å². The number of nitrogens with one attached hydrogen (secondary N) is 1. The Balaban J connectivity index is 1.51. The predicted octanol–water partition coefficient (Wildman–Crippen LogP) is 3.63. The number of carbonyl (C=O) groups excluding carboxylic acids is 2. The molecule has 11 heteroatoms. The first-order valence-corrected chi connectivity index (χ1v) is 14.5. The molecule has 2 aliphatic rings. The summed E-state index contributed by atoms with van der Waals surface area (Å²) in [5.41, 5.74) is 0. The predicted molar refractivity (Wildman–Crippen MR) is 130 cm³/mol. The summed E-state index contributed by atoms with van der Waals surface area (Å²) in [6.07, 6.45) is 7.83. The van der Waals surface area contributed by atoms with Gasteiger partial charge in [0.2, 0.25) is 21.8 Å². The summed E-state index contributed by atoms with van der Waals surface area (Å²) in [5, 5.41) is 5.14. The molecule has 1 saturated heterocycles. The van der Waals surface area contributed by atoms with Gasteiger partial charge in [-0.1, -0.05) is 32.1 Å². The van der Waals surface area contributed by atoms with Crippen LogP contribution >= 0.6 is 22.7 Å². The fraction of sp³-hybridized carbons (Fsp3) is 0.591. The number of rotatable bonds is 7. The van der Waals surface area contributed by atoms with Crippen molar-refractivity contribution in [1.82, 2.24) is 14.2 Å². The van der Waals surface area contributed by atoms with Crippen LogP contribution in [0.25, 0.3) is 0 Å². The maximum atomic E-state index is 13.2. The normalized spacial score (nSPS) is 19.6. The Bertz CT molecular complexity index is 1090. The molecule has 33 heavy (non-hydrogen) atoms. The number of carbonyl (C=O) groups is 2. The van der Waals surface area contributed by atoms with Crippen LogP contribution in [0.15, 0.2) is 22.5 Å². The van der Waals surface area contributed by atoms with Gasteiger partial charge < -0.3 is 10.2 Å². The highest BCUT2D eigenvalue weighted by Gasteiger charge is 2.39. The molecule has 1 aliphatic heterocycles. The second-order valence-corrected chi connectivity index (χ2v) is 13.0. The number of nitrogens with zero attached hydrogens (tertiary/aromatic N) is 3. The number of piperazine rings is 1. The molecule has 1 N–H and O–H groups in total. The van der Waals surface area contributed by atoms with Gasteiger partial charge in [-0.05, 0) is 32.3 Å². The van der Waals surface area contributed by atoms with Gasteiger partial charge in [-0.15, -0.1) is 22.7 Å². The summed E-state index contributed by atoms with van der Waals surface area (Å²) >= 11 is 2.77. The Labute approximate surface area is 203 Å². The molecule has 3 heterocycles. The molecule has 1 saturated carbocycles. The molecule has 0 radical (unpaired) electrons. The van der Waals surface area contributed by atoms with E-state index < -0.39 is 16.1 Å². The van der Waals surface area contributed by atoms with Crippen LogP contribution in [0.1, 0.15) is 48.3 Å². The Morgan fingerprint density at radius 2 is 2.00 bits per heavy atom. The van der Waals surface area contributed by atoms with Crippen molar-refractivity contribution in [2.75, 3.05) is 25.0 Å². The number of thiophene rings is 1. The van der Waals surface area contributed by atoms with Crippen LogP contribution < -0.4 is 5.32 Å². The average Bonchev–Trinajstić information content (AvgIpc) is 3.42. The lowest BCUT2D eigenvalue weighted by molar-refractivity contribution is -0.142. The second kappa shape index (κ2) is 10.2. The largest absolute Gasteiger partial charge is 0.328 e. The molecule has 0 aromatic carbocycles. The zero-order valence-electron chi connectivity index (χ0n) is 19.0. The monoisotopic (exact) mass is 510 g/mol. The molecule has 1 aliphatic carbocycles. The maximum absolute atomic E-state index is 13.2. The first kappa shape index (κ1) is 24.3. The van der Waals surface area contributed by atoms with E-state index in [1.54, 1.807) is 29.5 Å². The van der Waals surface area contributed by atoms with Gasteiger partial charge in [0.05, 0.1) is 11.4 Å². The van der Waals surface area contributed by atoms with Crippen LogP contribution in [0.3, 0.4) is 0 Å². The average molecular weight is 511 g/mol. The van der Waals surface area contributed by atoms with Gasteiger partial charge in [-0.3, -0.25) is 9.59 Å². The number of aromatic nitrogens is 1. The third kappa shape index (κ3) is 5.47. The van der Waals surface area contributed by atoms with Gasteiger partial charge >= 0.3 is 0 Å². The van der Waals surface area contributed by atoms with Crippen molar-refractivity contribution in [2.24, 2.45) is 5.92 Å². The minimum Gasteiger partial charge on any atom is -0.328 e. The summed E-state index contributed by atoms with van der Waals surface area (Å²) in [6.45, 7) is 3.78. The summed E-state index contributed by atoms with van der Waals surface area (Å²) in [7, 11) is -3.76. The van der Waals surface area contributed by atoms with Crippen LogP contribution in [0, 0.1) is 19.8 Å². The zero-order chi connectivity index (χ0) is 23.6. The van der Waals surface area contributed by atoms with Crippen LogP contribution in [0.4, 0.5) is 5.13 Å². The lowest BCUT2D eigenvalue weighted by atomic mass is 9.84. The summed E-state index contributed by atoms with van der Waals surface area (Å²) in [5.74, 6) is -0.189. The van der Waals surface area contributed by atoms with E-state index in [2.05, 4.69) is 10.3 Å². The van der Waals surface area contributed by atoms with Crippen molar-refractivity contribution < 1.29 is 18.0 Å². The molecule has 0 unspecified atom stereocenters. The van der Waals surface area contributed by atoms with Crippen molar-refractivity contribution in [1.29, 1.82) is 0 Å². The van der Waals surface area contributed by atoms with Gasteiger partial charge in [-0.25, -0.2) is 13.4 Å². The second-order valence-electron chi connectivity index (χ2n) is 8.79. The van der Waals surface area contributed by atoms with Gasteiger partial charge in [0.1, 0.15) is 6.04 Å². The maximum Gasteiger partial charge on any atom is 0.248 e. The van der Waals surface area contributed by atoms with Gasteiger partial charge in [0.15, 0.2) is 5.13 Å². The van der Waals surface area contributed by atoms with Crippen LogP contribution in [-0.4, -0.2) is 60.1 Å². The molecule has 0 bridgehead atoms. The molecule has 4 rings (SSSR count). The van der Waals surface area contributed by atoms with Crippen molar-refractivity contribution in [3.8, 4) is 0 Å². The Morgan fingerprint density at radius 1 is 1.24 bits per heavy atom. The molecular formula is C22H30N4O4S3. The molecule has 2 aromatic rings. The quantitative estimate of drug-likeness (QED) is 0.613. The van der Waals surface area contributed by atoms with E-state index in [1.165, 1.54) is 33.4 Å². The molecule has 0 spiro atoms. The topological polar surface area (TPSA) is 99.7 Å². The van der Waals surface area contributed by atoms with Crippen molar-refractivity contribution in [2.45, 2.75) is 63.3 Å². The van der Waals surface area contributed by atoms with E-state index in [0.717, 1.165) is 35.4 Å². The van der Waals surface area contributed by atoms with Crippen LogP contribution in [0.2, 0.25) is 0 Å². The number of hydrogen-bond acceptors (Lipinski definition) is 7. The summed E-state index contributed by atoms with van der Waals surface area (Å²) in [6, 6.07) is 1.04. The standard InChI is InChI=1S/C22H30N4O4S3/c1-15-12-19(16(2)32-15)33(29,30)25-9-10-26(20(27)14-25)18(13-17-6-4-3-5-7-17)21(28)24-22-23-8-11-31-22/h8,11-12,17-18H,3-7,9-10,13-14H2,1-2H3,(H,23,24,28)/t18-/m0/s1. The minimum absolute atomic E-state index is 0.175. The lowest BCUT2D eigenvalue weighted by Crippen LogP contribution is -2.58. The smallest absolute Gasteiger partial charge is 0.248 e. The number of thiazole rings is 1. The molecule has 2 aromatic heterocycles. The highest BCUT2D eigenvalue weighted by atomic mass is 32.2. The highest BCUT2D eigenvalue weighted by Crippen LogP contribution is 2.31. The van der Waals surface area contributed by atoms with E-state index in [-0.39, 0.29) is 36.3 Å². The fourth-order valence-electron chi connectivity index (χ4n) is 4.79. The van der Waals surface area contributed by atoms with E-state index >= 15 is 0 Å². The first-order valence-electron chi connectivity index (χ1n) is 11.3. The fourth-order valence-corrected chi connectivity index (χ4v) is 8.23. The van der Waals surface area contributed by atoms with Crippen LogP contribution in [-0.2, 0) is 19.6 Å². The molecule has 1 atom stereocenters. The number of aryl methyl sites for hydroxylation is 2. The zero-order valence-corrected chi connectivity index (χ0v) is 21.4. The van der Waals surface area contributed by atoms with Crippen LogP contribution in [0.5, 0.6) is 0 Å². The first-order chi connectivity index (χ1) is 15.8. The van der Waals surface area contributed by atoms with E-state index in [1.807, 2.05) is 6.92 Å². The molecule has 8 nitrogen and oxygen atoms in total. The van der Waals surface area contributed by atoms with Crippen molar-refractivity contribution in [3.05, 3.63) is 27.4 Å². The molecular weight excluding hydrogens is 480 g/mol. The van der Waals surface area contributed by atoms with E-state index in [4.69, 9.17) is 0 Å². The SMILES string of the molecule is Cc1cc(S(=O)(=O)N2CCN([C@@H](CC3CCCCC3)C(=O)Nc3nccs3)C(=O)C2)c(C)s1. The van der Waals surface area contributed by atoms with E-state index in [9.17, 15) is 18.0 Å². The number of amides is 2. The number of sulfonamides is 1. The van der Waals surface area contributed by atoms with Gasteiger partial charge in [0, 0.05) is 34.4 Å². The number of anilines is 1. The summed E-state index contributed by atoms with van der Waals surface area (Å²) in [4.78, 5) is 34.0. The molecule has 180 valence electrons. The molecule has 2 fully saturated rings. The highest BCUT2D eigenvalue weighted by molar-refractivity contribution is 7.89. The lowest BCUT2D eigenvalue weighted by Gasteiger charge is -2.39. The Morgan fingerprint density at radius 3 is 2.61 bits per heavy atom. The Kier molecular flexibility index (Phi) is 7.52. The summed E-state index contributed by atoms with van der Waals surface area (Å²) < 4.78 is 27.6. The number of hydrogen-bond donors (Lipinski definition) is 1. The van der Waals surface area contributed by atoms with E-state index in [0.29, 0.717) is 17.5 Å². The molecule has 2 amide bonds. The van der Waals surface area contributed by atoms with Gasteiger partial charge in [0.25, 0.3) is 0 Å². The van der Waals surface area contributed by atoms with Crippen molar-refractivity contribution >= 4 is 49.6 Å². The minimum atomic E-state index is -3.76.